The quantitative estimate of drug-likeness (QED) is 0.402. The SMILES string of the molecule is Cc1ccc(Cn2c(=O)c(SCC(=O)NC3CCCc4ccccc43)nc3ccccc32)cc1. The van der Waals surface area contributed by atoms with Gasteiger partial charge in [0.1, 0.15) is 0 Å². The molecule has 0 spiro atoms. The third-order valence-corrected chi connectivity index (χ3v) is 7.27. The highest BCUT2D eigenvalue weighted by Gasteiger charge is 2.22. The van der Waals surface area contributed by atoms with Gasteiger partial charge in [0.15, 0.2) is 5.03 Å². The van der Waals surface area contributed by atoms with Crippen molar-refractivity contribution in [1.82, 2.24) is 14.9 Å². The van der Waals surface area contributed by atoms with Gasteiger partial charge in [0.25, 0.3) is 5.56 Å². The second-order valence-electron chi connectivity index (χ2n) is 8.78. The van der Waals surface area contributed by atoms with Crippen LogP contribution < -0.4 is 10.9 Å². The maximum absolute atomic E-state index is 13.4. The molecule has 4 aromatic rings. The van der Waals surface area contributed by atoms with Crippen LogP contribution in [0.15, 0.2) is 82.6 Å². The Labute approximate surface area is 203 Å². The molecular formula is C28H27N3O2S. The number of aryl methyl sites for hydroxylation is 2. The summed E-state index contributed by atoms with van der Waals surface area (Å²) in [6.45, 7) is 2.50. The fourth-order valence-corrected chi connectivity index (χ4v) is 5.32. The van der Waals surface area contributed by atoms with Gasteiger partial charge in [-0.2, -0.15) is 0 Å². The molecule has 0 radical (unpaired) electrons. The Morgan fingerprint density at radius 2 is 1.82 bits per heavy atom. The Bertz CT molecular complexity index is 1400. The predicted octanol–water partition coefficient (Wildman–Crippen LogP) is 5.04. The number of amides is 1. The number of fused-ring (bicyclic) bond motifs is 2. The van der Waals surface area contributed by atoms with E-state index in [2.05, 4.69) is 22.4 Å². The zero-order valence-electron chi connectivity index (χ0n) is 19.2. The fourth-order valence-electron chi connectivity index (χ4n) is 4.57. The van der Waals surface area contributed by atoms with Crippen molar-refractivity contribution in [3.8, 4) is 0 Å². The second kappa shape index (κ2) is 9.85. The molecule has 0 saturated heterocycles. The van der Waals surface area contributed by atoms with Crippen LogP contribution in [0.5, 0.6) is 0 Å². The molecule has 34 heavy (non-hydrogen) atoms. The molecule has 1 aromatic heterocycles. The van der Waals surface area contributed by atoms with Gasteiger partial charge >= 0.3 is 0 Å². The third-order valence-electron chi connectivity index (χ3n) is 6.33. The Hall–Kier alpha value is -3.38. The Balaban J connectivity index is 1.36. The van der Waals surface area contributed by atoms with Crippen molar-refractivity contribution in [2.75, 3.05) is 5.75 Å². The molecule has 1 amide bonds. The molecule has 172 valence electrons. The van der Waals surface area contributed by atoms with Gasteiger partial charge in [0, 0.05) is 0 Å². The smallest absolute Gasteiger partial charge is 0.283 e. The minimum absolute atomic E-state index is 0.0285. The van der Waals surface area contributed by atoms with Crippen molar-refractivity contribution in [2.24, 2.45) is 0 Å². The molecule has 1 N–H and O–H groups in total. The van der Waals surface area contributed by atoms with Gasteiger partial charge in [0.2, 0.25) is 5.91 Å². The first-order chi connectivity index (χ1) is 16.6. The number of rotatable bonds is 6. The lowest BCUT2D eigenvalue weighted by Crippen LogP contribution is -2.32. The van der Waals surface area contributed by atoms with E-state index in [1.165, 1.54) is 28.5 Å². The Morgan fingerprint density at radius 1 is 1.06 bits per heavy atom. The molecule has 5 nitrogen and oxygen atoms in total. The lowest BCUT2D eigenvalue weighted by atomic mass is 9.88. The number of para-hydroxylation sites is 2. The van der Waals surface area contributed by atoms with Crippen LogP contribution in [-0.2, 0) is 17.8 Å². The summed E-state index contributed by atoms with van der Waals surface area (Å²) in [4.78, 5) is 30.8. The molecule has 0 fully saturated rings. The van der Waals surface area contributed by atoms with Crippen LogP contribution in [0.3, 0.4) is 0 Å². The van der Waals surface area contributed by atoms with Crippen molar-refractivity contribution < 1.29 is 4.79 Å². The van der Waals surface area contributed by atoms with E-state index in [0.29, 0.717) is 11.6 Å². The highest BCUT2D eigenvalue weighted by molar-refractivity contribution is 7.99. The van der Waals surface area contributed by atoms with E-state index in [0.717, 1.165) is 35.9 Å². The molecule has 1 aliphatic carbocycles. The number of nitrogens with zero attached hydrogens (tertiary/aromatic N) is 2. The number of nitrogens with one attached hydrogen (secondary N) is 1. The molecule has 0 aliphatic heterocycles. The summed E-state index contributed by atoms with van der Waals surface area (Å²) < 4.78 is 1.75. The standard InChI is InChI=1S/C28H27N3O2S/c1-19-13-15-20(16-14-19)17-31-25-12-5-4-10-24(25)30-27(28(31)33)34-18-26(32)29-23-11-6-8-21-7-2-3-9-22(21)23/h2-5,7,9-10,12-16,23H,6,8,11,17-18H2,1H3,(H,29,32). The van der Waals surface area contributed by atoms with Gasteiger partial charge < -0.3 is 5.32 Å². The predicted molar refractivity (Wildman–Crippen MR) is 137 cm³/mol. The first-order valence-corrected chi connectivity index (χ1v) is 12.6. The highest BCUT2D eigenvalue weighted by Crippen LogP contribution is 2.29. The van der Waals surface area contributed by atoms with Gasteiger partial charge in [-0.1, -0.05) is 78.0 Å². The summed E-state index contributed by atoms with van der Waals surface area (Å²) in [7, 11) is 0. The number of hydrogen-bond acceptors (Lipinski definition) is 4. The monoisotopic (exact) mass is 469 g/mol. The summed E-state index contributed by atoms with van der Waals surface area (Å²) >= 11 is 1.21. The zero-order chi connectivity index (χ0) is 23.5. The largest absolute Gasteiger partial charge is 0.349 e. The summed E-state index contributed by atoms with van der Waals surface area (Å²) in [5, 5.41) is 3.52. The van der Waals surface area contributed by atoms with Gasteiger partial charge in [0.05, 0.1) is 29.4 Å². The summed E-state index contributed by atoms with van der Waals surface area (Å²) in [6.07, 6.45) is 3.05. The van der Waals surface area contributed by atoms with Gasteiger partial charge in [-0.25, -0.2) is 4.98 Å². The summed E-state index contributed by atoms with van der Waals surface area (Å²) in [6, 6.07) is 24.2. The number of carbonyl (C=O) groups excluding carboxylic acids is 1. The van der Waals surface area contributed by atoms with Crippen LogP contribution >= 0.6 is 11.8 Å². The Morgan fingerprint density at radius 3 is 2.68 bits per heavy atom. The third kappa shape index (κ3) is 4.77. The minimum Gasteiger partial charge on any atom is -0.349 e. The molecule has 5 rings (SSSR count). The lowest BCUT2D eigenvalue weighted by molar-refractivity contribution is -0.119. The van der Waals surface area contributed by atoms with E-state index in [1.807, 2.05) is 67.6 Å². The van der Waals surface area contributed by atoms with Crippen LogP contribution in [0, 0.1) is 6.92 Å². The van der Waals surface area contributed by atoms with E-state index >= 15 is 0 Å². The first kappa shape index (κ1) is 22.4. The number of aromatic nitrogens is 2. The van der Waals surface area contributed by atoms with Crippen molar-refractivity contribution in [3.63, 3.8) is 0 Å². The number of thioether (sulfide) groups is 1. The van der Waals surface area contributed by atoms with E-state index in [4.69, 9.17) is 0 Å². The van der Waals surface area contributed by atoms with E-state index in [-0.39, 0.29) is 23.3 Å². The number of hydrogen-bond donors (Lipinski definition) is 1. The van der Waals surface area contributed by atoms with E-state index in [9.17, 15) is 9.59 Å². The average Bonchev–Trinajstić information content (AvgIpc) is 2.86. The van der Waals surface area contributed by atoms with Crippen molar-refractivity contribution in [2.45, 2.75) is 43.8 Å². The van der Waals surface area contributed by atoms with Crippen LogP contribution in [0.4, 0.5) is 0 Å². The average molecular weight is 470 g/mol. The molecule has 6 heteroatoms. The van der Waals surface area contributed by atoms with Crippen molar-refractivity contribution >= 4 is 28.7 Å². The van der Waals surface area contributed by atoms with E-state index in [1.54, 1.807) is 4.57 Å². The van der Waals surface area contributed by atoms with Crippen LogP contribution in [-0.4, -0.2) is 21.2 Å². The maximum atomic E-state index is 13.4. The van der Waals surface area contributed by atoms with Gasteiger partial charge in [-0.3, -0.25) is 14.2 Å². The molecular weight excluding hydrogens is 442 g/mol. The summed E-state index contributed by atoms with van der Waals surface area (Å²) in [5.41, 5.74) is 6.12. The molecule has 1 aliphatic rings. The fraction of sp³-hybridized carbons (Fsp3) is 0.250. The molecule has 0 bridgehead atoms. The first-order valence-electron chi connectivity index (χ1n) is 11.6. The van der Waals surface area contributed by atoms with Crippen LogP contribution in [0.25, 0.3) is 11.0 Å². The lowest BCUT2D eigenvalue weighted by Gasteiger charge is -2.26. The number of carbonyl (C=O) groups is 1. The maximum Gasteiger partial charge on any atom is 0.283 e. The zero-order valence-corrected chi connectivity index (χ0v) is 20.0. The Kier molecular flexibility index (Phi) is 6.50. The molecule has 1 atom stereocenters. The topological polar surface area (TPSA) is 64.0 Å². The molecule has 1 unspecified atom stereocenters. The van der Waals surface area contributed by atoms with Crippen molar-refractivity contribution in [1.29, 1.82) is 0 Å². The highest BCUT2D eigenvalue weighted by atomic mass is 32.2. The molecule has 1 heterocycles. The van der Waals surface area contributed by atoms with E-state index < -0.39 is 0 Å². The van der Waals surface area contributed by atoms with Crippen LogP contribution in [0.2, 0.25) is 0 Å². The normalized spacial score (nSPS) is 15.1. The van der Waals surface area contributed by atoms with Crippen molar-refractivity contribution in [3.05, 3.63) is 105 Å². The minimum atomic E-state index is -0.167. The van der Waals surface area contributed by atoms with Crippen LogP contribution in [0.1, 0.15) is 41.1 Å². The van der Waals surface area contributed by atoms with Gasteiger partial charge in [-0.05, 0) is 55.0 Å². The number of benzene rings is 3. The summed E-state index contributed by atoms with van der Waals surface area (Å²) in [5.74, 6) is 0.0789. The van der Waals surface area contributed by atoms with Gasteiger partial charge in [-0.15, -0.1) is 0 Å². The second-order valence-corrected chi connectivity index (χ2v) is 9.75. The molecule has 0 saturated carbocycles. The molecule has 3 aromatic carbocycles.